The van der Waals surface area contributed by atoms with E-state index >= 15 is 0 Å². The molecule has 0 aliphatic heterocycles. The molecule has 144 valence electrons. The number of nitrogens with one attached hydrogen (secondary N) is 1. The van der Waals surface area contributed by atoms with Gasteiger partial charge in [0.05, 0.1) is 27.8 Å². The largest absolute Gasteiger partial charge is 0.478 e. The Balaban J connectivity index is 1.88. The van der Waals surface area contributed by atoms with E-state index in [9.17, 15) is 14.4 Å². The lowest BCUT2D eigenvalue weighted by Gasteiger charge is -2.13. The molecule has 1 N–H and O–H groups in total. The monoisotopic (exact) mass is 493 g/mol. The van der Waals surface area contributed by atoms with Gasteiger partial charge in [-0.15, -0.1) is 4.68 Å². The van der Waals surface area contributed by atoms with Gasteiger partial charge >= 0.3 is 11.7 Å². The highest BCUT2D eigenvalue weighted by molar-refractivity contribution is 14.1. The van der Waals surface area contributed by atoms with Crippen LogP contribution in [0.4, 0.5) is 0 Å². The molecule has 1 unspecified atom stereocenters. The van der Waals surface area contributed by atoms with Crippen molar-refractivity contribution in [2.45, 2.75) is 13.0 Å². The van der Waals surface area contributed by atoms with Gasteiger partial charge in [0.15, 0.2) is 6.10 Å². The predicted molar refractivity (Wildman–Crippen MR) is 113 cm³/mol. The first-order chi connectivity index (χ1) is 13.4. The van der Waals surface area contributed by atoms with E-state index in [0.29, 0.717) is 22.2 Å². The lowest BCUT2D eigenvalue weighted by atomic mass is 10.2. The lowest BCUT2D eigenvalue weighted by molar-refractivity contribution is -0.147. The van der Waals surface area contributed by atoms with E-state index in [-0.39, 0.29) is 0 Å². The smallest absolute Gasteiger partial charge is 0.349 e. The highest BCUT2D eigenvalue weighted by atomic mass is 127. The van der Waals surface area contributed by atoms with Crippen molar-refractivity contribution < 1.29 is 14.3 Å². The number of fused-ring (bicyclic) bond motifs is 1. The van der Waals surface area contributed by atoms with Crippen molar-refractivity contribution in [3.05, 3.63) is 72.4 Å². The number of rotatable bonds is 5. The van der Waals surface area contributed by atoms with Crippen LogP contribution >= 0.6 is 22.6 Å². The van der Waals surface area contributed by atoms with Crippen LogP contribution in [0.25, 0.3) is 10.9 Å². The van der Waals surface area contributed by atoms with Gasteiger partial charge in [-0.25, -0.2) is 9.59 Å². The predicted octanol–water partition coefficient (Wildman–Crippen LogP) is 2.12. The number of methoxy groups -OCH3 is 1. The Morgan fingerprint density at radius 1 is 1.25 bits per heavy atom. The summed E-state index contributed by atoms with van der Waals surface area (Å²) in [5, 5.41) is 4.39. The summed E-state index contributed by atoms with van der Waals surface area (Å²) >= 11 is 2.06. The fourth-order valence-electron chi connectivity index (χ4n) is 2.48. The molecule has 1 atom stereocenters. The number of carbonyl (C=O) groups excluding carboxylic acids is 1. The molecule has 0 aliphatic rings. The van der Waals surface area contributed by atoms with Gasteiger partial charge in [0.1, 0.15) is 5.75 Å². The van der Waals surface area contributed by atoms with Crippen molar-refractivity contribution >= 4 is 45.7 Å². The van der Waals surface area contributed by atoms with Crippen molar-refractivity contribution in [1.82, 2.24) is 9.66 Å². The molecule has 0 saturated heterocycles. The highest BCUT2D eigenvalue weighted by Crippen LogP contribution is 2.23. The number of carbonyl (C=O) groups is 1. The van der Waals surface area contributed by atoms with Gasteiger partial charge in [0.25, 0.3) is 5.56 Å². The number of benzene rings is 2. The van der Waals surface area contributed by atoms with Crippen molar-refractivity contribution in [2.75, 3.05) is 7.11 Å². The Morgan fingerprint density at radius 2 is 2.00 bits per heavy atom. The molecular formula is C19H16IN3O5. The Hall–Kier alpha value is -2.95. The molecule has 1 aromatic heterocycles. The minimum absolute atomic E-state index is 0.370. The summed E-state index contributed by atoms with van der Waals surface area (Å²) in [4.78, 5) is 38.7. The third-order valence-corrected chi connectivity index (χ3v) is 4.74. The number of aromatic nitrogens is 2. The van der Waals surface area contributed by atoms with Gasteiger partial charge in [-0.05, 0) is 65.4 Å². The van der Waals surface area contributed by atoms with Crippen LogP contribution in [-0.4, -0.2) is 35.1 Å². The zero-order valence-corrected chi connectivity index (χ0v) is 17.2. The minimum Gasteiger partial charge on any atom is -0.478 e. The zero-order chi connectivity index (χ0) is 20.3. The summed E-state index contributed by atoms with van der Waals surface area (Å²) < 4.78 is 11.7. The van der Waals surface area contributed by atoms with Crippen LogP contribution in [0.1, 0.15) is 12.5 Å². The number of para-hydroxylation sites is 1. The number of aromatic amines is 1. The fourth-order valence-corrected chi connectivity index (χ4v) is 3.15. The first-order valence-electron chi connectivity index (χ1n) is 8.23. The maximum absolute atomic E-state index is 12.5. The second kappa shape index (κ2) is 8.38. The maximum Gasteiger partial charge on any atom is 0.349 e. The Bertz CT molecular complexity index is 1180. The first kappa shape index (κ1) is 19.8. The number of hydrogen-bond donors (Lipinski definition) is 1. The topological polar surface area (TPSA) is 103 Å². The molecular weight excluding hydrogens is 477 g/mol. The van der Waals surface area contributed by atoms with Crippen molar-refractivity contribution in [1.29, 1.82) is 0 Å². The van der Waals surface area contributed by atoms with Crippen LogP contribution in [0.15, 0.2) is 57.2 Å². The summed E-state index contributed by atoms with van der Waals surface area (Å²) in [6.45, 7) is 1.59. The molecule has 0 aliphatic carbocycles. The van der Waals surface area contributed by atoms with Crippen molar-refractivity contribution in [2.24, 2.45) is 5.10 Å². The third-order valence-electron chi connectivity index (χ3n) is 3.90. The molecule has 0 amide bonds. The standard InChI is InChI=1S/C19H16IN3O5/c1-11(18(25)27-2)28-16-8-7-12(9-14(16)20)10-21-23-17(24)13-5-3-4-6-15(13)22-19(23)26/h3-11H,1-2H3,(H,22,26). The Morgan fingerprint density at radius 3 is 2.71 bits per heavy atom. The highest BCUT2D eigenvalue weighted by Gasteiger charge is 2.16. The molecule has 9 heteroatoms. The minimum atomic E-state index is -0.743. The summed E-state index contributed by atoms with van der Waals surface area (Å²) in [5.74, 6) is 0.0349. The summed E-state index contributed by atoms with van der Waals surface area (Å²) in [6, 6.07) is 11.9. The quantitative estimate of drug-likeness (QED) is 0.333. The third kappa shape index (κ3) is 4.14. The molecule has 0 fully saturated rings. The molecule has 1 heterocycles. The van der Waals surface area contributed by atoms with Gasteiger partial charge in [0, 0.05) is 0 Å². The van der Waals surface area contributed by atoms with E-state index in [2.05, 4.69) is 37.4 Å². The molecule has 0 spiro atoms. The summed E-state index contributed by atoms with van der Waals surface area (Å²) in [6.07, 6.45) is 0.661. The summed E-state index contributed by atoms with van der Waals surface area (Å²) in [5.41, 5.74) is -0.0136. The van der Waals surface area contributed by atoms with Gasteiger partial charge in [-0.2, -0.15) is 5.10 Å². The summed E-state index contributed by atoms with van der Waals surface area (Å²) in [7, 11) is 1.29. The van der Waals surface area contributed by atoms with Crippen LogP contribution in [0.3, 0.4) is 0 Å². The van der Waals surface area contributed by atoms with Gasteiger partial charge in [-0.1, -0.05) is 12.1 Å². The first-order valence-corrected chi connectivity index (χ1v) is 9.31. The average molecular weight is 493 g/mol. The number of halogens is 1. The van der Waals surface area contributed by atoms with Crippen LogP contribution < -0.4 is 16.0 Å². The van der Waals surface area contributed by atoms with E-state index in [4.69, 9.17) is 4.74 Å². The SMILES string of the molecule is COC(=O)C(C)Oc1ccc(C=Nn2c(=O)[nH]c3ccccc3c2=O)cc1I. The van der Waals surface area contributed by atoms with Crippen LogP contribution in [0.2, 0.25) is 0 Å². The zero-order valence-electron chi connectivity index (χ0n) is 15.0. The Kier molecular flexibility index (Phi) is 5.93. The number of H-pyrrole nitrogens is 1. The van der Waals surface area contributed by atoms with Crippen molar-refractivity contribution in [3.63, 3.8) is 0 Å². The number of hydrogen-bond acceptors (Lipinski definition) is 6. The molecule has 0 bridgehead atoms. The molecule has 3 rings (SSSR count). The van der Waals surface area contributed by atoms with E-state index in [1.54, 1.807) is 49.4 Å². The maximum atomic E-state index is 12.5. The van der Waals surface area contributed by atoms with Crippen molar-refractivity contribution in [3.8, 4) is 5.75 Å². The molecule has 8 nitrogen and oxygen atoms in total. The molecule has 28 heavy (non-hydrogen) atoms. The van der Waals surface area contributed by atoms with E-state index in [1.807, 2.05) is 0 Å². The fraction of sp³-hybridized carbons (Fsp3) is 0.158. The average Bonchev–Trinajstić information content (AvgIpc) is 2.69. The second-order valence-corrected chi connectivity index (χ2v) is 6.97. The Labute approximate surface area is 172 Å². The van der Waals surface area contributed by atoms with Gasteiger partial charge < -0.3 is 14.5 Å². The number of ether oxygens (including phenoxy) is 2. The molecule has 2 aromatic carbocycles. The number of esters is 1. The lowest BCUT2D eigenvalue weighted by Crippen LogP contribution is -2.32. The molecule has 0 radical (unpaired) electrons. The van der Waals surface area contributed by atoms with Crippen LogP contribution in [-0.2, 0) is 9.53 Å². The van der Waals surface area contributed by atoms with Crippen LogP contribution in [0, 0.1) is 3.57 Å². The van der Waals surface area contributed by atoms with Crippen LogP contribution in [0.5, 0.6) is 5.75 Å². The van der Waals surface area contributed by atoms with E-state index in [0.717, 1.165) is 8.25 Å². The van der Waals surface area contributed by atoms with E-state index < -0.39 is 23.3 Å². The molecule has 0 saturated carbocycles. The normalized spacial score (nSPS) is 12.2. The number of nitrogens with zero attached hydrogens (tertiary/aromatic N) is 2. The molecule has 3 aromatic rings. The van der Waals surface area contributed by atoms with Gasteiger partial charge in [-0.3, -0.25) is 4.79 Å². The second-order valence-electron chi connectivity index (χ2n) is 5.81. The van der Waals surface area contributed by atoms with E-state index in [1.165, 1.54) is 13.3 Å². The van der Waals surface area contributed by atoms with Gasteiger partial charge in [0.2, 0.25) is 0 Å².